The Kier molecular flexibility index (Phi) is 5.71. The van der Waals surface area contributed by atoms with E-state index in [1.165, 1.54) is 38.9 Å². The number of piperidine rings is 1. The lowest BCUT2D eigenvalue weighted by Crippen LogP contribution is -2.35. The minimum Gasteiger partial charge on any atom is -0.303 e. The van der Waals surface area contributed by atoms with Gasteiger partial charge in [0.1, 0.15) is 0 Å². The van der Waals surface area contributed by atoms with E-state index in [0.717, 1.165) is 24.7 Å². The van der Waals surface area contributed by atoms with Crippen molar-refractivity contribution in [1.29, 1.82) is 5.26 Å². The normalized spacial score (nSPS) is 19.3. The Bertz CT molecular complexity index is 197. The molecule has 0 bridgehead atoms. The van der Waals surface area contributed by atoms with Crippen LogP contribution in [-0.4, -0.2) is 24.5 Å². The highest BCUT2D eigenvalue weighted by Crippen LogP contribution is 2.24. The van der Waals surface area contributed by atoms with E-state index in [2.05, 4.69) is 24.8 Å². The van der Waals surface area contributed by atoms with Crippen LogP contribution in [0.15, 0.2) is 0 Å². The highest BCUT2D eigenvalue weighted by molar-refractivity contribution is 4.75. The third-order valence-electron chi connectivity index (χ3n) is 3.59. The molecule has 1 heterocycles. The summed E-state index contributed by atoms with van der Waals surface area (Å²) in [5, 5.41) is 8.44. The summed E-state index contributed by atoms with van der Waals surface area (Å²) in [6.07, 6.45) is 5.73. The third kappa shape index (κ3) is 4.66. The van der Waals surface area contributed by atoms with E-state index in [-0.39, 0.29) is 0 Å². The monoisotopic (exact) mass is 208 g/mol. The van der Waals surface area contributed by atoms with Crippen molar-refractivity contribution in [3.8, 4) is 6.07 Å². The van der Waals surface area contributed by atoms with E-state index < -0.39 is 0 Å². The Balaban J connectivity index is 2.07. The van der Waals surface area contributed by atoms with Crippen molar-refractivity contribution in [3.05, 3.63) is 0 Å². The topological polar surface area (TPSA) is 27.0 Å². The van der Waals surface area contributed by atoms with Crippen LogP contribution in [0.2, 0.25) is 0 Å². The Morgan fingerprint density at radius 3 is 2.47 bits per heavy atom. The smallest absolute Gasteiger partial charge is 0.0621 e. The zero-order valence-electron chi connectivity index (χ0n) is 10.2. The minimum atomic E-state index is 0.725. The van der Waals surface area contributed by atoms with Crippen molar-refractivity contribution in [2.45, 2.75) is 46.0 Å². The van der Waals surface area contributed by atoms with Gasteiger partial charge in [-0.1, -0.05) is 13.8 Å². The Morgan fingerprint density at radius 2 is 1.93 bits per heavy atom. The molecular formula is C13H24N2. The van der Waals surface area contributed by atoms with Gasteiger partial charge < -0.3 is 4.90 Å². The highest BCUT2D eigenvalue weighted by Gasteiger charge is 2.20. The summed E-state index contributed by atoms with van der Waals surface area (Å²) >= 11 is 0. The number of hydrogen-bond donors (Lipinski definition) is 0. The van der Waals surface area contributed by atoms with E-state index >= 15 is 0 Å². The molecule has 0 saturated carbocycles. The van der Waals surface area contributed by atoms with Gasteiger partial charge in [0.2, 0.25) is 0 Å². The first-order chi connectivity index (χ1) is 7.24. The summed E-state index contributed by atoms with van der Waals surface area (Å²) in [4.78, 5) is 2.57. The predicted octanol–water partition coefficient (Wildman–Crippen LogP) is 3.05. The number of unbranched alkanes of at least 4 members (excludes halogenated alkanes) is 2. The van der Waals surface area contributed by atoms with E-state index in [1.54, 1.807) is 0 Å². The van der Waals surface area contributed by atoms with E-state index in [4.69, 9.17) is 5.26 Å². The number of likely N-dealkylation sites (tertiary alicyclic amines) is 1. The van der Waals surface area contributed by atoms with Gasteiger partial charge in [0.15, 0.2) is 0 Å². The van der Waals surface area contributed by atoms with Crippen molar-refractivity contribution in [3.63, 3.8) is 0 Å². The molecule has 0 unspecified atom stereocenters. The number of nitriles is 1. The molecule has 0 aliphatic carbocycles. The molecule has 1 aliphatic rings. The van der Waals surface area contributed by atoms with Gasteiger partial charge in [-0.05, 0) is 57.2 Å². The lowest BCUT2D eigenvalue weighted by molar-refractivity contribution is 0.156. The SMILES string of the molecule is CC(C)C1CCN(CCCCC#N)CC1. The molecule has 0 radical (unpaired) electrons. The number of hydrogen-bond acceptors (Lipinski definition) is 2. The standard InChI is InChI=1S/C13H24N2/c1-12(2)13-6-10-15(11-7-13)9-5-3-4-8-14/h12-13H,3-7,9-11H2,1-2H3. The van der Waals surface area contributed by atoms with Crippen LogP contribution in [0.5, 0.6) is 0 Å². The van der Waals surface area contributed by atoms with Crippen LogP contribution < -0.4 is 0 Å². The molecule has 1 saturated heterocycles. The van der Waals surface area contributed by atoms with E-state index in [0.29, 0.717) is 0 Å². The van der Waals surface area contributed by atoms with Crippen molar-refractivity contribution >= 4 is 0 Å². The second-order valence-corrected chi connectivity index (χ2v) is 5.04. The van der Waals surface area contributed by atoms with Gasteiger partial charge in [-0.3, -0.25) is 0 Å². The molecule has 0 atom stereocenters. The van der Waals surface area contributed by atoms with E-state index in [9.17, 15) is 0 Å². The first kappa shape index (κ1) is 12.5. The number of nitrogens with zero attached hydrogens (tertiary/aromatic N) is 2. The molecule has 0 aromatic rings. The first-order valence-corrected chi connectivity index (χ1v) is 6.33. The van der Waals surface area contributed by atoms with Crippen LogP contribution in [-0.2, 0) is 0 Å². The zero-order valence-corrected chi connectivity index (χ0v) is 10.2. The molecule has 0 N–H and O–H groups in total. The molecule has 1 fully saturated rings. The molecule has 2 nitrogen and oxygen atoms in total. The van der Waals surface area contributed by atoms with Crippen LogP contribution in [0, 0.1) is 23.2 Å². The Hall–Kier alpha value is -0.550. The summed E-state index contributed by atoms with van der Waals surface area (Å²) in [5.41, 5.74) is 0. The van der Waals surface area contributed by atoms with Crippen molar-refractivity contribution in [2.24, 2.45) is 11.8 Å². The fourth-order valence-electron chi connectivity index (χ4n) is 2.38. The third-order valence-corrected chi connectivity index (χ3v) is 3.59. The maximum absolute atomic E-state index is 8.44. The molecule has 1 rings (SSSR count). The largest absolute Gasteiger partial charge is 0.303 e. The average Bonchev–Trinajstić information content (AvgIpc) is 2.25. The molecule has 15 heavy (non-hydrogen) atoms. The lowest BCUT2D eigenvalue weighted by atomic mass is 9.87. The highest BCUT2D eigenvalue weighted by atomic mass is 15.1. The van der Waals surface area contributed by atoms with Crippen LogP contribution in [0.4, 0.5) is 0 Å². The number of rotatable bonds is 5. The Morgan fingerprint density at radius 1 is 1.27 bits per heavy atom. The predicted molar refractivity (Wildman–Crippen MR) is 63.5 cm³/mol. The lowest BCUT2D eigenvalue weighted by Gasteiger charge is -2.33. The summed E-state index contributed by atoms with van der Waals surface area (Å²) in [7, 11) is 0. The molecule has 0 amide bonds. The van der Waals surface area contributed by atoms with Gasteiger partial charge in [-0.25, -0.2) is 0 Å². The van der Waals surface area contributed by atoms with Gasteiger partial charge in [0.25, 0.3) is 0 Å². The van der Waals surface area contributed by atoms with Crippen molar-refractivity contribution in [1.82, 2.24) is 4.90 Å². The van der Waals surface area contributed by atoms with Gasteiger partial charge in [0.05, 0.1) is 6.07 Å². The van der Waals surface area contributed by atoms with Crippen molar-refractivity contribution in [2.75, 3.05) is 19.6 Å². The van der Waals surface area contributed by atoms with Gasteiger partial charge in [-0.15, -0.1) is 0 Å². The second kappa shape index (κ2) is 6.85. The minimum absolute atomic E-state index is 0.725. The molecule has 1 aliphatic heterocycles. The summed E-state index contributed by atoms with van der Waals surface area (Å²) in [6.45, 7) is 8.43. The summed E-state index contributed by atoms with van der Waals surface area (Å²) in [6, 6.07) is 2.21. The fraction of sp³-hybridized carbons (Fsp3) is 0.923. The van der Waals surface area contributed by atoms with Gasteiger partial charge >= 0.3 is 0 Å². The fourth-order valence-corrected chi connectivity index (χ4v) is 2.38. The Labute approximate surface area is 94.3 Å². The molecule has 0 aromatic heterocycles. The summed E-state index contributed by atoms with van der Waals surface area (Å²) in [5.74, 6) is 1.80. The van der Waals surface area contributed by atoms with Crippen LogP contribution in [0.3, 0.4) is 0 Å². The van der Waals surface area contributed by atoms with E-state index in [1.807, 2.05) is 0 Å². The molecular weight excluding hydrogens is 184 g/mol. The van der Waals surface area contributed by atoms with Gasteiger partial charge in [-0.2, -0.15) is 5.26 Å². The molecule has 0 spiro atoms. The van der Waals surface area contributed by atoms with Gasteiger partial charge in [0, 0.05) is 6.42 Å². The average molecular weight is 208 g/mol. The van der Waals surface area contributed by atoms with Crippen LogP contribution >= 0.6 is 0 Å². The first-order valence-electron chi connectivity index (χ1n) is 6.33. The van der Waals surface area contributed by atoms with Crippen LogP contribution in [0.1, 0.15) is 46.0 Å². The molecule has 2 heteroatoms. The zero-order chi connectivity index (χ0) is 11.1. The molecule has 86 valence electrons. The maximum Gasteiger partial charge on any atom is 0.0621 e. The summed E-state index contributed by atoms with van der Waals surface area (Å²) < 4.78 is 0. The van der Waals surface area contributed by atoms with Crippen LogP contribution in [0.25, 0.3) is 0 Å². The molecule has 0 aromatic carbocycles. The second-order valence-electron chi connectivity index (χ2n) is 5.04. The van der Waals surface area contributed by atoms with Crippen molar-refractivity contribution < 1.29 is 0 Å². The maximum atomic E-state index is 8.44. The quantitative estimate of drug-likeness (QED) is 0.649.